The standard InChI is InChI=1S/C17H24N2O5S/c20-16(21)14-6-8-15(9-7-14)19-17(22)18-10-11-25(23,24)12-13-4-2-1-3-5-13/h1-5,14-15H,6-12H2,(H,20,21)(H2,18,19,22). The molecule has 2 amide bonds. The molecule has 0 saturated heterocycles. The summed E-state index contributed by atoms with van der Waals surface area (Å²) in [6.45, 7) is 0.0471. The SMILES string of the molecule is O=C(NCCS(=O)(=O)Cc1ccccc1)NC1CCC(C(=O)O)CC1. The van der Waals surface area contributed by atoms with Crippen molar-refractivity contribution < 1.29 is 23.1 Å². The highest BCUT2D eigenvalue weighted by atomic mass is 32.2. The van der Waals surface area contributed by atoms with Gasteiger partial charge < -0.3 is 15.7 Å². The maximum Gasteiger partial charge on any atom is 0.315 e. The number of aliphatic carboxylic acids is 1. The Morgan fingerprint density at radius 2 is 1.72 bits per heavy atom. The Morgan fingerprint density at radius 1 is 1.08 bits per heavy atom. The fourth-order valence-electron chi connectivity index (χ4n) is 2.94. The quantitative estimate of drug-likeness (QED) is 0.676. The van der Waals surface area contributed by atoms with E-state index >= 15 is 0 Å². The lowest BCUT2D eigenvalue weighted by molar-refractivity contribution is -0.142. The van der Waals surface area contributed by atoms with Gasteiger partial charge in [0.1, 0.15) is 0 Å². The van der Waals surface area contributed by atoms with Gasteiger partial charge in [0.05, 0.1) is 17.4 Å². The Morgan fingerprint density at radius 3 is 2.32 bits per heavy atom. The Balaban J connectivity index is 1.67. The normalized spacial score (nSPS) is 20.6. The lowest BCUT2D eigenvalue weighted by Crippen LogP contribution is -2.45. The maximum atomic E-state index is 12.0. The van der Waals surface area contributed by atoms with Crippen LogP contribution in [0.3, 0.4) is 0 Å². The number of carbonyl (C=O) groups is 2. The summed E-state index contributed by atoms with van der Waals surface area (Å²) >= 11 is 0. The maximum absolute atomic E-state index is 12.0. The molecule has 1 saturated carbocycles. The molecule has 0 heterocycles. The molecule has 3 N–H and O–H groups in total. The van der Waals surface area contributed by atoms with Gasteiger partial charge in [-0.2, -0.15) is 0 Å². The van der Waals surface area contributed by atoms with E-state index in [1.54, 1.807) is 24.3 Å². The van der Waals surface area contributed by atoms with E-state index < -0.39 is 21.8 Å². The van der Waals surface area contributed by atoms with Gasteiger partial charge in [-0.25, -0.2) is 13.2 Å². The van der Waals surface area contributed by atoms with Gasteiger partial charge in [-0.1, -0.05) is 30.3 Å². The summed E-state index contributed by atoms with van der Waals surface area (Å²) in [5.41, 5.74) is 0.724. The van der Waals surface area contributed by atoms with Gasteiger partial charge in [-0.3, -0.25) is 4.79 Å². The van der Waals surface area contributed by atoms with Crippen molar-refractivity contribution in [3.63, 3.8) is 0 Å². The highest BCUT2D eigenvalue weighted by Crippen LogP contribution is 2.24. The van der Waals surface area contributed by atoms with Crippen LogP contribution >= 0.6 is 0 Å². The van der Waals surface area contributed by atoms with Crippen molar-refractivity contribution in [3.8, 4) is 0 Å². The van der Waals surface area contributed by atoms with E-state index in [0.29, 0.717) is 25.7 Å². The average molecular weight is 368 g/mol. The van der Waals surface area contributed by atoms with Gasteiger partial charge in [0.15, 0.2) is 9.84 Å². The smallest absolute Gasteiger partial charge is 0.315 e. The average Bonchev–Trinajstić information content (AvgIpc) is 2.55. The summed E-state index contributed by atoms with van der Waals surface area (Å²) in [6, 6.07) is 8.44. The fraction of sp³-hybridized carbons (Fsp3) is 0.529. The van der Waals surface area contributed by atoms with Crippen LogP contribution in [0.5, 0.6) is 0 Å². The lowest BCUT2D eigenvalue weighted by Gasteiger charge is -2.26. The van der Waals surface area contributed by atoms with E-state index in [4.69, 9.17) is 5.11 Å². The van der Waals surface area contributed by atoms with Gasteiger partial charge in [0, 0.05) is 12.6 Å². The summed E-state index contributed by atoms with van der Waals surface area (Å²) in [4.78, 5) is 22.7. The third-order valence-corrected chi connectivity index (χ3v) is 5.94. The molecule has 0 aliphatic heterocycles. The Hall–Kier alpha value is -2.09. The number of carboxylic acids is 1. The van der Waals surface area contributed by atoms with Crippen LogP contribution in [0.1, 0.15) is 31.2 Å². The van der Waals surface area contributed by atoms with E-state index in [0.717, 1.165) is 5.56 Å². The minimum Gasteiger partial charge on any atom is -0.481 e. The molecule has 1 aliphatic carbocycles. The van der Waals surface area contributed by atoms with Crippen molar-refractivity contribution in [3.05, 3.63) is 35.9 Å². The van der Waals surface area contributed by atoms with Crippen LogP contribution in [0.2, 0.25) is 0 Å². The van der Waals surface area contributed by atoms with Crippen LogP contribution in [0, 0.1) is 5.92 Å². The molecule has 1 aliphatic rings. The number of nitrogens with one attached hydrogen (secondary N) is 2. The number of hydrogen-bond acceptors (Lipinski definition) is 4. The monoisotopic (exact) mass is 368 g/mol. The molecular weight excluding hydrogens is 344 g/mol. The molecule has 1 aromatic carbocycles. The van der Waals surface area contributed by atoms with E-state index in [2.05, 4.69) is 10.6 Å². The first-order chi connectivity index (χ1) is 11.9. The van der Waals surface area contributed by atoms with Crippen LogP contribution in [-0.4, -0.2) is 43.9 Å². The third-order valence-electron chi connectivity index (χ3n) is 4.34. The Bertz CT molecular complexity index is 682. The van der Waals surface area contributed by atoms with Crippen molar-refractivity contribution in [1.29, 1.82) is 0 Å². The molecule has 25 heavy (non-hydrogen) atoms. The van der Waals surface area contributed by atoms with Gasteiger partial charge in [-0.05, 0) is 31.2 Å². The van der Waals surface area contributed by atoms with Crippen LogP contribution in [0.4, 0.5) is 4.79 Å². The van der Waals surface area contributed by atoms with Gasteiger partial charge in [0.2, 0.25) is 0 Å². The first-order valence-corrected chi connectivity index (χ1v) is 10.2. The molecule has 8 heteroatoms. The van der Waals surface area contributed by atoms with Crippen LogP contribution in [0.25, 0.3) is 0 Å². The van der Waals surface area contributed by atoms with Crippen LogP contribution in [-0.2, 0) is 20.4 Å². The zero-order chi connectivity index (χ0) is 18.3. The molecule has 0 bridgehead atoms. The second-order valence-electron chi connectivity index (χ2n) is 6.36. The third kappa shape index (κ3) is 6.74. The molecule has 0 radical (unpaired) electrons. The molecule has 2 rings (SSSR count). The van der Waals surface area contributed by atoms with Gasteiger partial charge >= 0.3 is 12.0 Å². The molecular formula is C17H24N2O5S. The van der Waals surface area contributed by atoms with Crippen molar-refractivity contribution in [2.75, 3.05) is 12.3 Å². The minimum atomic E-state index is -3.29. The molecule has 7 nitrogen and oxygen atoms in total. The minimum absolute atomic E-state index is 0.0453. The summed E-state index contributed by atoms with van der Waals surface area (Å²) < 4.78 is 24.1. The van der Waals surface area contributed by atoms with Crippen molar-refractivity contribution in [2.45, 2.75) is 37.5 Å². The highest BCUT2D eigenvalue weighted by molar-refractivity contribution is 7.90. The second-order valence-corrected chi connectivity index (χ2v) is 8.55. The summed E-state index contributed by atoms with van der Waals surface area (Å²) in [5.74, 6) is -1.28. The van der Waals surface area contributed by atoms with Crippen LogP contribution in [0.15, 0.2) is 30.3 Å². The molecule has 138 valence electrons. The Labute approximate surface area is 147 Å². The Kier molecular flexibility index (Phi) is 6.81. The number of carbonyl (C=O) groups excluding carboxylic acids is 1. The number of rotatable bonds is 7. The van der Waals surface area contributed by atoms with E-state index in [-0.39, 0.29) is 30.0 Å². The summed E-state index contributed by atoms with van der Waals surface area (Å²) in [7, 11) is -3.29. The van der Waals surface area contributed by atoms with E-state index in [1.165, 1.54) is 0 Å². The molecule has 0 unspecified atom stereocenters. The predicted molar refractivity (Wildman–Crippen MR) is 93.8 cm³/mol. The number of hydrogen-bond donors (Lipinski definition) is 3. The topological polar surface area (TPSA) is 113 Å². The highest BCUT2D eigenvalue weighted by Gasteiger charge is 2.26. The number of benzene rings is 1. The van der Waals surface area contributed by atoms with Crippen molar-refractivity contribution >= 4 is 21.8 Å². The molecule has 0 aromatic heterocycles. The first-order valence-electron chi connectivity index (χ1n) is 8.37. The lowest BCUT2D eigenvalue weighted by atomic mass is 9.86. The van der Waals surface area contributed by atoms with Crippen molar-refractivity contribution in [1.82, 2.24) is 10.6 Å². The van der Waals surface area contributed by atoms with E-state index in [9.17, 15) is 18.0 Å². The zero-order valence-electron chi connectivity index (χ0n) is 14.0. The summed E-state index contributed by atoms with van der Waals surface area (Å²) in [5, 5.41) is 14.3. The largest absolute Gasteiger partial charge is 0.481 e. The van der Waals surface area contributed by atoms with Crippen LogP contribution < -0.4 is 10.6 Å². The first kappa shape index (κ1) is 19.2. The number of amides is 2. The fourth-order valence-corrected chi connectivity index (χ4v) is 4.20. The molecule has 0 atom stereocenters. The molecule has 1 aromatic rings. The summed E-state index contributed by atoms with van der Waals surface area (Å²) in [6.07, 6.45) is 2.34. The number of urea groups is 1. The zero-order valence-corrected chi connectivity index (χ0v) is 14.8. The number of sulfone groups is 1. The second kappa shape index (κ2) is 8.84. The van der Waals surface area contributed by atoms with Gasteiger partial charge in [-0.15, -0.1) is 0 Å². The molecule has 1 fully saturated rings. The predicted octanol–water partition coefficient (Wildman–Crippen LogP) is 1.54. The molecule has 0 spiro atoms. The van der Waals surface area contributed by atoms with E-state index in [1.807, 2.05) is 6.07 Å². The van der Waals surface area contributed by atoms with Crippen molar-refractivity contribution in [2.24, 2.45) is 5.92 Å². The number of carboxylic acid groups (broad SMARTS) is 1. The van der Waals surface area contributed by atoms with Gasteiger partial charge in [0.25, 0.3) is 0 Å².